The number of nitrogens with one attached hydrogen (secondary N) is 1. The molecule has 0 aromatic heterocycles. The topological polar surface area (TPSA) is 95.9 Å². The number of anilines is 2. The van der Waals surface area contributed by atoms with Crippen molar-refractivity contribution in [1.82, 2.24) is 0 Å². The molecule has 0 saturated carbocycles. The van der Waals surface area contributed by atoms with E-state index in [1.165, 1.54) is 4.90 Å². The van der Waals surface area contributed by atoms with Crippen molar-refractivity contribution in [3.8, 4) is 0 Å². The number of benzene rings is 3. The van der Waals surface area contributed by atoms with Crippen LogP contribution in [0.5, 0.6) is 0 Å². The first-order valence-corrected chi connectivity index (χ1v) is 12.6. The molecule has 1 unspecified atom stereocenters. The molecule has 1 fully saturated rings. The first kappa shape index (κ1) is 23.7. The molecule has 0 bridgehead atoms. The van der Waals surface area contributed by atoms with Crippen LogP contribution >= 0.6 is 11.8 Å². The first-order valence-electron chi connectivity index (χ1n) is 10.3. The summed E-state index contributed by atoms with van der Waals surface area (Å²) in [6, 6.07) is 20.0. The van der Waals surface area contributed by atoms with Crippen molar-refractivity contribution in [2.75, 3.05) is 10.2 Å². The predicted molar refractivity (Wildman–Crippen MR) is 131 cm³/mol. The van der Waals surface area contributed by atoms with E-state index in [0.29, 0.717) is 11.4 Å². The van der Waals surface area contributed by atoms with Gasteiger partial charge in [-0.15, -0.1) is 4.40 Å². The van der Waals surface area contributed by atoms with Crippen molar-refractivity contribution < 1.29 is 22.4 Å². The van der Waals surface area contributed by atoms with Gasteiger partial charge in [0.05, 0.1) is 10.6 Å². The molecule has 1 heterocycles. The lowest BCUT2D eigenvalue weighted by atomic mass is 10.2. The molecule has 34 heavy (non-hydrogen) atoms. The molecule has 1 aliphatic rings. The van der Waals surface area contributed by atoms with E-state index in [1.54, 1.807) is 42.5 Å². The van der Waals surface area contributed by atoms with Crippen molar-refractivity contribution in [2.24, 2.45) is 4.40 Å². The molecule has 3 aromatic carbocycles. The molecule has 10 heteroatoms. The van der Waals surface area contributed by atoms with E-state index < -0.39 is 27.0 Å². The summed E-state index contributed by atoms with van der Waals surface area (Å²) in [5, 5.41) is 1.85. The van der Waals surface area contributed by atoms with Crippen LogP contribution in [0.3, 0.4) is 0 Å². The zero-order valence-electron chi connectivity index (χ0n) is 18.0. The molecule has 1 N–H and O–H groups in total. The summed E-state index contributed by atoms with van der Waals surface area (Å²) in [6.07, 6.45) is -0.170. The van der Waals surface area contributed by atoms with Gasteiger partial charge >= 0.3 is 0 Å². The third-order valence-corrected chi connectivity index (χ3v) is 7.58. The number of aryl methyl sites for hydroxylation is 1. The highest BCUT2D eigenvalue weighted by atomic mass is 32.2. The van der Waals surface area contributed by atoms with Crippen molar-refractivity contribution in [2.45, 2.75) is 23.5 Å². The largest absolute Gasteiger partial charge is 0.326 e. The Balaban J connectivity index is 1.63. The highest BCUT2D eigenvalue weighted by molar-refractivity contribution is 8.16. The monoisotopic (exact) mass is 497 g/mol. The summed E-state index contributed by atoms with van der Waals surface area (Å²) in [4.78, 5) is 26.9. The van der Waals surface area contributed by atoms with Crippen molar-refractivity contribution in [3.05, 3.63) is 90.2 Å². The third-order valence-electron chi connectivity index (χ3n) is 5.05. The minimum atomic E-state index is -4.22. The number of nitrogens with zero attached hydrogens (tertiary/aromatic N) is 2. The molecule has 3 aromatic rings. The summed E-state index contributed by atoms with van der Waals surface area (Å²) in [5.74, 6) is -1.41. The standard InChI is InChI=1S/C24H20FN3O4S2/c1-16-7-5-6-10-20(16)26-22(29)15-21-23(30)28(18-8-3-2-4-9-18)24(33-21)27-34(31,32)19-13-11-17(25)12-14-19/h2-14,21H,15H2,1H3,(H,26,29)/b27-24-. The Morgan fingerprint density at radius 1 is 1.03 bits per heavy atom. The van der Waals surface area contributed by atoms with E-state index in [4.69, 9.17) is 0 Å². The Hall–Kier alpha value is -3.50. The second kappa shape index (κ2) is 9.78. The summed E-state index contributed by atoms with van der Waals surface area (Å²) < 4.78 is 42.8. The van der Waals surface area contributed by atoms with Gasteiger partial charge in [-0.2, -0.15) is 8.42 Å². The number of hydrogen-bond donors (Lipinski definition) is 1. The molecule has 0 aliphatic carbocycles. The van der Waals surface area contributed by atoms with E-state index >= 15 is 0 Å². The van der Waals surface area contributed by atoms with Gasteiger partial charge in [-0.1, -0.05) is 48.2 Å². The maximum atomic E-state index is 13.2. The quantitative estimate of drug-likeness (QED) is 0.546. The highest BCUT2D eigenvalue weighted by Gasteiger charge is 2.41. The van der Waals surface area contributed by atoms with Gasteiger partial charge in [0.1, 0.15) is 11.1 Å². The van der Waals surface area contributed by atoms with Crippen LogP contribution in [0.15, 0.2) is 88.2 Å². The molecule has 1 aliphatic heterocycles. The van der Waals surface area contributed by atoms with E-state index in [-0.39, 0.29) is 22.4 Å². The zero-order chi connectivity index (χ0) is 24.3. The minimum Gasteiger partial charge on any atom is -0.326 e. The van der Waals surface area contributed by atoms with E-state index in [9.17, 15) is 22.4 Å². The Morgan fingerprint density at radius 3 is 2.35 bits per heavy atom. The van der Waals surface area contributed by atoms with Crippen LogP contribution in [0.25, 0.3) is 0 Å². The number of amidine groups is 1. The van der Waals surface area contributed by atoms with E-state index in [1.807, 2.05) is 19.1 Å². The molecule has 7 nitrogen and oxygen atoms in total. The predicted octanol–water partition coefficient (Wildman–Crippen LogP) is 4.36. The number of thioether (sulfide) groups is 1. The summed E-state index contributed by atoms with van der Waals surface area (Å²) in [6.45, 7) is 1.85. The second-order valence-electron chi connectivity index (χ2n) is 7.49. The summed E-state index contributed by atoms with van der Waals surface area (Å²) in [7, 11) is -4.22. The Labute approximate surface area is 200 Å². The fourth-order valence-corrected chi connectivity index (χ4v) is 5.65. The number of sulfonamides is 1. The maximum absolute atomic E-state index is 13.2. The Bertz CT molecular complexity index is 1360. The number of halogens is 1. The second-order valence-corrected chi connectivity index (χ2v) is 10.3. The van der Waals surface area contributed by atoms with Crippen molar-refractivity contribution >= 4 is 50.1 Å². The lowest BCUT2D eigenvalue weighted by molar-refractivity contribution is -0.121. The van der Waals surface area contributed by atoms with Gasteiger partial charge in [0, 0.05) is 12.1 Å². The summed E-state index contributed by atoms with van der Waals surface area (Å²) >= 11 is 0.902. The SMILES string of the molecule is Cc1ccccc1NC(=O)CC1S/C(=N\S(=O)(=O)c2ccc(F)cc2)N(c2ccccc2)C1=O. The Kier molecular flexibility index (Phi) is 6.80. The van der Waals surface area contributed by atoms with Crippen LogP contribution in [0.1, 0.15) is 12.0 Å². The number of hydrogen-bond acceptors (Lipinski definition) is 5. The van der Waals surface area contributed by atoms with Crippen molar-refractivity contribution in [3.63, 3.8) is 0 Å². The average molecular weight is 498 g/mol. The molecule has 4 rings (SSSR count). The Morgan fingerprint density at radius 2 is 1.68 bits per heavy atom. The first-order chi connectivity index (χ1) is 16.2. The number of amides is 2. The van der Waals surface area contributed by atoms with Gasteiger partial charge in [-0.05, 0) is 55.0 Å². The van der Waals surface area contributed by atoms with Gasteiger partial charge in [0.15, 0.2) is 5.17 Å². The number of carbonyl (C=O) groups is 2. The van der Waals surface area contributed by atoms with Crippen LogP contribution in [-0.2, 0) is 19.6 Å². The fraction of sp³-hybridized carbons (Fsp3) is 0.125. The van der Waals surface area contributed by atoms with Crippen LogP contribution in [0, 0.1) is 12.7 Å². The highest BCUT2D eigenvalue weighted by Crippen LogP contribution is 2.35. The van der Waals surface area contributed by atoms with Gasteiger partial charge in [-0.25, -0.2) is 4.39 Å². The lowest BCUT2D eigenvalue weighted by Gasteiger charge is -2.16. The zero-order valence-corrected chi connectivity index (χ0v) is 19.6. The summed E-state index contributed by atoms with van der Waals surface area (Å²) in [5.41, 5.74) is 1.94. The molecule has 1 atom stereocenters. The van der Waals surface area contributed by atoms with Crippen LogP contribution in [0.4, 0.5) is 15.8 Å². The average Bonchev–Trinajstić information content (AvgIpc) is 3.10. The minimum absolute atomic E-state index is 0.0748. The molecular weight excluding hydrogens is 477 g/mol. The smallest absolute Gasteiger partial charge is 0.284 e. The van der Waals surface area contributed by atoms with E-state index in [2.05, 4.69) is 9.71 Å². The van der Waals surface area contributed by atoms with Crippen LogP contribution in [0.2, 0.25) is 0 Å². The van der Waals surface area contributed by atoms with Crippen LogP contribution < -0.4 is 10.2 Å². The molecular formula is C24H20FN3O4S2. The van der Waals surface area contributed by atoms with Crippen LogP contribution in [-0.4, -0.2) is 30.6 Å². The van der Waals surface area contributed by atoms with Gasteiger partial charge < -0.3 is 5.32 Å². The fourth-order valence-electron chi connectivity index (χ4n) is 3.32. The normalized spacial score (nSPS) is 17.2. The molecule has 1 saturated heterocycles. The number of para-hydroxylation sites is 2. The molecule has 0 spiro atoms. The number of carbonyl (C=O) groups excluding carboxylic acids is 2. The molecule has 0 radical (unpaired) electrons. The van der Waals surface area contributed by atoms with Gasteiger partial charge in [0.2, 0.25) is 11.8 Å². The molecule has 2 amide bonds. The van der Waals surface area contributed by atoms with Gasteiger partial charge in [0.25, 0.3) is 10.0 Å². The van der Waals surface area contributed by atoms with E-state index in [0.717, 1.165) is 41.6 Å². The van der Waals surface area contributed by atoms with Crippen molar-refractivity contribution in [1.29, 1.82) is 0 Å². The van der Waals surface area contributed by atoms with Gasteiger partial charge in [-0.3, -0.25) is 14.5 Å². The lowest BCUT2D eigenvalue weighted by Crippen LogP contribution is -2.33. The third kappa shape index (κ3) is 5.18. The number of rotatable bonds is 6. The molecule has 174 valence electrons. The maximum Gasteiger partial charge on any atom is 0.284 e.